The fraction of sp³-hybridized carbons (Fsp3) is 0.562. The zero-order chi connectivity index (χ0) is 15.8. The van der Waals surface area contributed by atoms with E-state index in [9.17, 15) is 4.39 Å². The summed E-state index contributed by atoms with van der Waals surface area (Å²) in [6.45, 7) is 3.75. The summed E-state index contributed by atoms with van der Waals surface area (Å²) in [4.78, 5) is 4.20. The number of hydrogen-bond acceptors (Lipinski definition) is 3. The molecule has 0 saturated carbocycles. The molecule has 1 aromatic carbocycles. The number of aliphatic imine (C=N–C) groups is 1. The Morgan fingerprint density at radius 3 is 2.87 bits per heavy atom. The average molecular weight is 453 g/mol. The van der Waals surface area contributed by atoms with Gasteiger partial charge in [0.05, 0.1) is 6.61 Å². The van der Waals surface area contributed by atoms with E-state index in [1.165, 1.54) is 24.7 Å². The van der Waals surface area contributed by atoms with Crippen molar-refractivity contribution in [2.24, 2.45) is 4.99 Å². The third kappa shape index (κ3) is 6.74. The van der Waals surface area contributed by atoms with E-state index in [4.69, 9.17) is 4.74 Å². The molecule has 1 aromatic rings. The minimum absolute atomic E-state index is 0. The van der Waals surface area contributed by atoms with E-state index in [-0.39, 0.29) is 29.8 Å². The van der Waals surface area contributed by atoms with Gasteiger partial charge in [-0.15, -0.1) is 24.0 Å². The first-order valence-corrected chi connectivity index (χ1v) is 8.75. The van der Waals surface area contributed by atoms with Crippen molar-refractivity contribution < 1.29 is 9.13 Å². The first-order chi connectivity index (χ1) is 10.7. The van der Waals surface area contributed by atoms with Crippen LogP contribution in [0.3, 0.4) is 0 Å². The fourth-order valence-electron chi connectivity index (χ4n) is 2.35. The molecule has 2 N–H and O–H groups in total. The fourth-order valence-corrected chi connectivity index (χ4v) is 3.55. The van der Waals surface area contributed by atoms with Crippen molar-refractivity contribution in [3.63, 3.8) is 0 Å². The summed E-state index contributed by atoms with van der Waals surface area (Å²) in [5.41, 5.74) is 0.860. The molecule has 4 nitrogen and oxygen atoms in total. The average Bonchev–Trinajstić information content (AvgIpc) is 3.03. The quantitative estimate of drug-likeness (QED) is 0.394. The number of benzene rings is 1. The molecule has 1 heterocycles. The Morgan fingerprint density at radius 1 is 1.43 bits per heavy atom. The number of nitrogens with zero attached hydrogens (tertiary/aromatic N) is 1. The van der Waals surface area contributed by atoms with Crippen LogP contribution >= 0.6 is 35.7 Å². The van der Waals surface area contributed by atoms with Crippen molar-refractivity contribution in [1.82, 2.24) is 10.6 Å². The minimum Gasteiger partial charge on any atom is -0.491 e. The SMILES string of the molecule is CCOc1ccc(CNC(=NC)NCC2CCCS2)cc1F.I. The van der Waals surface area contributed by atoms with Crippen molar-refractivity contribution in [2.45, 2.75) is 31.6 Å². The monoisotopic (exact) mass is 453 g/mol. The van der Waals surface area contributed by atoms with Crippen LogP contribution in [-0.4, -0.2) is 37.2 Å². The van der Waals surface area contributed by atoms with Gasteiger partial charge in [-0.05, 0) is 43.2 Å². The number of rotatable bonds is 6. The standard InChI is InChI=1S/C16H24FN3OS.HI/c1-3-21-15-7-6-12(9-14(15)17)10-19-16(18-2)20-11-13-5-4-8-22-13;/h6-7,9,13H,3-5,8,10-11H2,1-2H3,(H2,18,19,20);1H. The lowest BCUT2D eigenvalue weighted by atomic mass is 10.2. The highest BCUT2D eigenvalue weighted by molar-refractivity contribution is 14.0. The van der Waals surface area contributed by atoms with Crippen LogP contribution in [-0.2, 0) is 6.54 Å². The van der Waals surface area contributed by atoms with E-state index in [0.29, 0.717) is 24.2 Å². The normalized spacial score (nSPS) is 17.5. The van der Waals surface area contributed by atoms with Crippen LogP contribution < -0.4 is 15.4 Å². The summed E-state index contributed by atoms with van der Waals surface area (Å²) in [5, 5.41) is 7.21. The third-order valence-electron chi connectivity index (χ3n) is 3.50. The maximum Gasteiger partial charge on any atom is 0.191 e. The Kier molecular flexibility index (Phi) is 9.69. The number of hydrogen-bond donors (Lipinski definition) is 2. The smallest absolute Gasteiger partial charge is 0.191 e. The molecule has 0 aromatic heterocycles. The highest BCUT2D eigenvalue weighted by atomic mass is 127. The van der Waals surface area contributed by atoms with Crippen LogP contribution in [0, 0.1) is 5.82 Å². The number of halogens is 2. The van der Waals surface area contributed by atoms with Crippen molar-refractivity contribution in [2.75, 3.05) is 26.0 Å². The molecular weight excluding hydrogens is 428 g/mol. The van der Waals surface area contributed by atoms with E-state index in [1.807, 2.05) is 24.8 Å². The van der Waals surface area contributed by atoms with E-state index in [0.717, 1.165) is 18.1 Å². The van der Waals surface area contributed by atoms with Gasteiger partial charge >= 0.3 is 0 Å². The lowest BCUT2D eigenvalue weighted by molar-refractivity contribution is 0.321. The first kappa shape index (κ1) is 20.3. The van der Waals surface area contributed by atoms with Crippen molar-refractivity contribution >= 4 is 41.7 Å². The Morgan fingerprint density at radius 2 is 2.26 bits per heavy atom. The number of ether oxygens (including phenoxy) is 1. The predicted octanol–water partition coefficient (Wildman–Crippen LogP) is 3.40. The summed E-state index contributed by atoms with van der Waals surface area (Å²) in [7, 11) is 1.75. The van der Waals surface area contributed by atoms with Gasteiger partial charge in [0.15, 0.2) is 17.5 Å². The van der Waals surface area contributed by atoms with Crippen LogP contribution in [0.5, 0.6) is 5.75 Å². The van der Waals surface area contributed by atoms with Crippen LogP contribution in [0.25, 0.3) is 0 Å². The van der Waals surface area contributed by atoms with Gasteiger partial charge in [-0.3, -0.25) is 4.99 Å². The largest absolute Gasteiger partial charge is 0.491 e. The lowest BCUT2D eigenvalue weighted by Crippen LogP contribution is -2.39. The van der Waals surface area contributed by atoms with Gasteiger partial charge in [0, 0.05) is 25.4 Å². The Bertz CT molecular complexity index is 510. The van der Waals surface area contributed by atoms with Gasteiger partial charge in [0.1, 0.15) is 0 Å². The second-order valence-electron chi connectivity index (χ2n) is 5.14. The van der Waals surface area contributed by atoms with Gasteiger partial charge in [-0.25, -0.2) is 4.39 Å². The highest BCUT2D eigenvalue weighted by Crippen LogP contribution is 2.25. The molecule has 1 atom stereocenters. The minimum atomic E-state index is -0.327. The molecule has 1 unspecified atom stereocenters. The summed E-state index contributed by atoms with van der Waals surface area (Å²) >= 11 is 2.01. The zero-order valence-electron chi connectivity index (χ0n) is 13.6. The molecule has 0 aliphatic carbocycles. The summed E-state index contributed by atoms with van der Waals surface area (Å²) < 4.78 is 19.0. The van der Waals surface area contributed by atoms with E-state index in [1.54, 1.807) is 13.1 Å². The van der Waals surface area contributed by atoms with E-state index < -0.39 is 0 Å². The molecule has 1 fully saturated rings. The molecule has 0 spiro atoms. The van der Waals surface area contributed by atoms with Gasteiger partial charge in [0.2, 0.25) is 0 Å². The first-order valence-electron chi connectivity index (χ1n) is 7.70. The number of thioether (sulfide) groups is 1. The van der Waals surface area contributed by atoms with Crippen LogP contribution in [0.2, 0.25) is 0 Å². The Balaban J connectivity index is 0.00000264. The van der Waals surface area contributed by atoms with Gasteiger partial charge in [-0.1, -0.05) is 6.07 Å². The Labute approximate surface area is 159 Å². The lowest BCUT2D eigenvalue weighted by Gasteiger charge is -2.15. The molecule has 0 bridgehead atoms. The van der Waals surface area contributed by atoms with Crippen molar-refractivity contribution in [3.05, 3.63) is 29.6 Å². The molecule has 23 heavy (non-hydrogen) atoms. The van der Waals surface area contributed by atoms with Crippen LogP contribution in [0.4, 0.5) is 4.39 Å². The maximum absolute atomic E-state index is 13.8. The summed E-state index contributed by atoms with van der Waals surface area (Å²) in [6, 6.07) is 5.03. The second kappa shape index (κ2) is 11.0. The van der Waals surface area contributed by atoms with Crippen molar-refractivity contribution in [1.29, 1.82) is 0 Å². The van der Waals surface area contributed by atoms with E-state index in [2.05, 4.69) is 15.6 Å². The van der Waals surface area contributed by atoms with Gasteiger partial charge < -0.3 is 15.4 Å². The van der Waals surface area contributed by atoms with E-state index >= 15 is 0 Å². The van der Waals surface area contributed by atoms with Crippen LogP contribution in [0.15, 0.2) is 23.2 Å². The maximum atomic E-state index is 13.8. The highest BCUT2D eigenvalue weighted by Gasteiger charge is 2.15. The molecular formula is C16H25FIN3OS. The topological polar surface area (TPSA) is 45.6 Å². The summed E-state index contributed by atoms with van der Waals surface area (Å²) in [6.07, 6.45) is 2.56. The van der Waals surface area contributed by atoms with Gasteiger partial charge in [0.25, 0.3) is 0 Å². The molecule has 7 heteroatoms. The van der Waals surface area contributed by atoms with Crippen molar-refractivity contribution in [3.8, 4) is 5.75 Å². The molecule has 2 rings (SSSR count). The number of guanidine groups is 1. The molecule has 1 saturated heterocycles. The summed E-state index contributed by atoms with van der Waals surface area (Å²) in [5.74, 6) is 1.98. The van der Waals surface area contributed by atoms with Crippen LogP contribution in [0.1, 0.15) is 25.3 Å². The number of nitrogens with one attached hydrogen (secondary N) is 2. The van der Waals surface area contributed by atoms with Gasteiger partial charge in [-0.2, -0.15) is 11.8 Å². The Hall–Kier alpha value is -0.700. The zero-order valence-corrected chi connectivity index (χ0v) is 16.7. The predicted molar refractivity (Wildman–Crippen MR) is 107 cm³/mol. The molecule has 0 radical (unpaired) electrons. The molecule has 1 aliphatic heterocycles. The molecule has 1 aliphatic rings. The third-order valence-corrected chi connectivity index (χ3v) is 4.90. The second-order valence-corrected chi connectivity index (χ2v) is 6.55. The molecule has 130 valence electrons. The molecule has 0 amide bonds.